The number of hydrogen-bond acceptors (Lipinski definition) is 3. The third-order valence-electron chi connectivity index (χ3n) is 2.64. The second-order valence-corrected chi connectivity index (χ2v) is 4.05. The van der Waals surface area contributed by atoms with Gasteiger partial charge in [-0.05, 0) is 31.0 Å². The van der Waals surface area contributed by atoms with Gasteiger partial charge in [-0.3, -0.25) is 9.36 Å². The summed E-state index contributed by atoms with van der Waals surface area (Å²) < 4.78 is 1.61. The summed E-state index contributed by atoms with van der Waals surface area (Å²) in [5.74, 6) is 0. The summed E-state index contributed by atoms with van der Waals surface area (Å²) >= 11 is 0. The minimum absolute atomic E-state index is 0.00653. The second kappa shape index (κ2) is 4.82. The molecule has 1 aromatic carbocycles. The van der Waals surface area contributed by atoms with Crippen LogP contribution in [0.15, 0.2) is 41.5 Å². The fourth-order valence-corrected chi connectivity index (χ4v) is 1.62. The Morgan fingerprint density at radius 1 is 1.29 bits per heavy atom. The van der Waals surface area contributed by atoms with Crippen molar-refractivity contribution in [2.45, 2.75) is 19.9 Å². The number of rotatable bonds is 3. The van der Waals surface area contributed by atoms with Crippen LogP contribution in [0.3, 0.4) is 0 Å². The van der Waals surface area contributed by atoms with E-state index in [2.05, 4.69) is 4.98 Å². The maximum Gasteiger partial charge on any atom is 0.253 e. The Morgan fingerprint density at radius 2 is 2.00 bits per heavy atom. The second-order valence-electron chi connectivity index (χ2n) is 4.05. The molecule has 2 rings (SSSR count). The molecule has 0 unspecified atom stereocenters. The lowest BCUT2D eigenvalue weighted by molar-refractivity contribution is 0.651. The van der Waals surface area contributed by atoms with E-state index in [9.17, 15) is 4.79 Å². The Balaban J connectivity index is 2.07. The minimum atomic E-state index is -0.00653. The minimum Gasteiger partial charge on any atom is -0.399 e. The lowest BCUT2D eigenvalue weighted by Gasteiger charge is -2.05. The maximum atomic E-state index is 11.6. The summed E-state index contributed by atoms with van der Waals surface area (Å²) in [6.07, 6.45) is 2.39. The molecule has 2 aromatic rings. The van der Waals surface area contributed by atoms with Gasteiger partial charge in [-0.1, -0.05) is 12.1 Å². The topological polar surface area (TPSA) is 60.9 Å². The zero-order chi connectivity index (χ0) is 12.3. The fraction of sp³-hybridized carbons (Fsp3) is 0.231. The molecule has 0 spiro atoms. The van der Waals surface area contributed by atoms with Crippen molar-refractivity contribution in [3.63, 3.8) is 0 Å². The zero-order valence-electron chi connectivity index (χ0n) is 9.76. The van der Waals surface area contributed by atoms with Gasteiger partial charge in [-0.25, -0.2) is 4.98 Å². The van der Waals surface area contributed by atoms with E-state index in [-0.39, 0.29) is 5.56 Å². The van der Waals surface area contributed by atoms with Gasteiger partial charge in [0.25, 0.3) is 5.56 Å². The van der Waals surface area contributed by atoms with E-state index in [0.717, 1.165) is 23.4 Å². The van der Waals surface area contributed by atoms with Gasteiger partial charge in [0.05, 0.1) is 6.33 Å². The van der Waals surface area contributed by atoms with Crippen LogP contribution in [0.25, 0.3) is 0 Å². The number of anilines is 1. The van der Waals surface area contributed by atoms with E-state index in [1.54, 1.807) is 17.0 Å². The van der Waals surface area contributed by atoms with Gasteiger partial charge in [-0.2, -0.15) is 0 Å². The quantitative estimate of drug-likeness (QED) is 0.809. The molecule has 88 valence electrons. The third-order valence-corrected chi connectivity index (χ3v) is 2.64. The molecule has 0 atom stereocenters. The van der Waals surface area contributed by atoms with Crippen molar-refractivity contribution in [2.24, 2.45) is 0 Å². The van der Waals surface area contributed by atoms with Crippen molar-refractivity contribution in [2.75, 3.05) is 5.73 Å². The summed E-state index contributed by atoms with van der Waals surface area (Å²) in [5.41, 5.74) is 8.26. The number of nitrogens with two attached hydrogens (primary N) is 1. The SMILES string of the molecule is Cc1cc(=O)n(CCc2ccc(N)cc2)cn1. The lowest BCUT2D eigenvalue weighted by Crippen LogP contribution is -2.20. The van der Waals surface area contributed by atoms with E-state index in [0.29, 0.717) is 6.54 Å². The number of benzene rings is 1. The van der Waals surface area contributed by atoms with Gasteiger partial charge in [0.15, 0.2) is 0 Å². The Labute approximate surface area is 99.7 Å². The predicted octanol–water partition coefficient (Wildman–Crippen LogP) is 1.38. The van der Waals surface area contributed by atoms with Crippen molar-refractivity contribution < 1.29 is 0 Å². The summed E-state index contributed by atoms with van der Waals surface area (Å²) in [6, 6.07) is 9.23. The Kier molecular flexibility index (Phi) is 3.23. The first kappa shape index (κ1) is 11.4. The molecule has 17 heavy (non-hydrogen) atoms. The molecule has 4 nitrogen and oxygen atoms in total. The first-order valence-corrected chi connectivity index (χ1v) is 5.52. The lowest BCUT2D eigenvalue weighted by atomic mass is 10.1. The van der Waals surface area contributed by atoms with Gasteiger partial charge in [0.2, 0.25) is 0 Å². The molecule has 2 N–H and O–H groups in total. The molecule has 0 fully saturated rings. The summed E-state index contributed by atoms with van der Waals surface area (Å²) in [7, 11) is 0. The fourth-order valence-electron chi connectivity index (χ4n) is 1.62. The van der Waals surface area contributed by atoms with Gasteiger partial charge in [0, 0.05) is 24.0 Å². The van der Waals surface area contributed by atoms with E-state index in [4.69, 9.17) is 5.73 Å². The molecular formula is C13H15N3O. The highest BCUT2D eigenvalue weighted by Gasteiger charge is 1.98. The molecule has 0 bridgehead atoms. The average Bonchev–Trinajstić information content (AvgIpc) is 2.30. The predicted molar refractivity (Wildman–Crippen MR) is 67.8 cm³/mol. The van der Waals surface area contributed by atoms with Crippen LogP contribution in [0.2, 0.25) is 0 Å². The summed E-state index contributed by atoms with van der Waals surface area (Å²) in [4.78, 5) is 15.7. The molecular weight excluding hydrogens is 214 g/mol. The van der Waals surface area contributed by atoms with E-state index >= 15 is 0 Å². The van der Waals surface area contributed by atoms with Crippen LogP contribution in [0, 0.1) is 6.92 Å². The largest absolute Gasteiger partial charge is 0.399 e. The van der Waals surface area contributed by atoms with Crippen LogP contribution in [0.5, 0.6) is 0 Å². The Bertz CT molecular complexity index is 558. The van der Waals surface area contributed by atoms with Crippen LogP contribution < -0.4 is 11.3 Å². The molecule has 0 aliphatic heterocycles. The molecule has 0 saturated heterocycles. The number of aromatic nitrogens is 2. The summed E-state index contributed by atoms with van der Waals surface area (Å²) in [5, 5.41) is 0. The van der Waals surface area contributed by atoms with Crippen LogP contribution in [-0.2, 0) is 13.0 Å². The molecule has 4 heteroatoms. The van der Waals surface area contributed by atoms with Gasteiger partial charge < -0.3 is 5.73 Å². The normalized spacial score (nSPS) is 10.4. The molecule has 0 aliphatic carbocycles. The number of nitrogen functional groups attached to an aromatic ring is 1. The first-order valence-electron chi connectivity index (χ1n) is 5.52. The van der Waals surface area contributed by atoms with Crippen molar-refractivity contribution in [3.05, 3.63) is 58.3 Å². The Morgan fingerprint density at radius 3 is 2.65 bits per heavy atom. The summed E-state index contributed by atoms with van der Waals surface area (Å²) in [6.45, 7) is 2.45. The van der Waals surface area contributed by atoms with Crippen molar-refractivity contribution in [1.82, 2.24) is 9.55 Å². The highest BCUT2D eigenvalue weighted by molar-refractivity contribution is 5.39. The Hall–Kier alpha value is -2.10. The van der Waals surface area contributed by atoms with Crippen LogP contribution >= 0.6 is 0 Å². The highest BCUT2D eigenvalue weighted by atomic mass is 16.1. The van der Waals surface area contributed by atoms with Crippen molar-refractivity contribution in [1.29, 1.82) is 0 Å². The molecule has 0 radical (unpaired) electrons. The van der Waals surface area contributed by atoms with E-state index in [1.165, 1.54) is 0 Å². The van der Waals surface area contributed by atoms with Crippen LogP contribution in [0.1, 0.15) is 11.3 Å². The third kappa shape index (κ3) is 2.93. The smallest absolute Gasteiger partial charge is 0.253 e. The average molecular weight is 229 g/mol. The maximum absolute atomic E-state index is 11.6. The highest BCUT2D eigenvalue weighted by Crippen LogP contribution is 2.06. The molecule has 0 saturated carbocycles. The zero-order valence-corrected chi connectivity index (χ0v) is 9.76. The van der Waals surface area contributed by atoms with Gasteiger partial charge >= 0.3 is 0 Å². The molecule has 0 aliphatic rings. The van der Waals surface area contributed by atoms with Crippen molar-refractivity contribution >= 4 is 5.69 Å². The van der Waals surface area contributed by atoms with Crippen LogP contribution in [0.4, 0.5) is 5.69 Å². The molecule has 1 heterocycles. The number of aryl methyl sites for hydroxylation is 3. The van der Waals surface area contributed by atoms with Gasteiger partial charge in [0.1, 0.15) is 0 Å². The van der Waals surface area contributed by atoms with Crippen LogP contribution in [-0.4, -0.2) is 9.55 Å². The molecule has 0 amide bonds. The van der Waals surface area contributed by atoms with Crippen molar-refractivity contribution in [3.8, 4) is 0 Å². The van der Waals surface area contributed by atoms with Gasteiger partial charge in [-0.15, -0.1) is 0 Å². The first-order chi connectivity index (χ1) is 8.15. The number of nitrogens with zero attached hydrogens (tertiary/aromatic N) is 2. The van der Waals surface area contributed by atoms with E-state index in [1.807, 2.05) is 31.2 Å². The standard InChI is InChI=1S/C13H15N3O/c1-10-8-13(17)16(9-15-10)7-6-11-2-4-12(14)5-3-11/h2-5,8-9H,6-7,14H2,1H3. The molecule has 1 aromatic heterocycles. The number of hydrogen-bond donors (Lipinski definition) is 1. The van der Waals surface area contributed by atoms with E-state index < -0.39 is 0 Å². The monoisotopic (exact) mass is 229 g/mol.